The molecule has 18 heavy (non-hydrogen) atoms. The Morgan fingerprint density at radius 1 is 1.22 bits per heavy atom. The van der Waals surface area contributed by atoms with Gasteiger partial charge in [0, 0.05) is 6.04 Å². The average Bonchev–Trinajstić information content (AvgIpc) is 2.38. The number of hydrogen-bond donors (Lipinski definition) is 1. The normalized spacial score (nSPS) is 14.3. The van der Waals surface area contributed by atoms with Gasteiger partial charge in [0.1, 0.15) is 6.04 Å². The van der Waals surface area contributed by atoms with E-state index in [1.807, 2.05) is 30.3 Å². The summed E-state index contributed by atoms with van der Waals surface area (Å²) in [5, 5.41) is 3.34. The highest BCUT2D eigenvalue weighted by atomic mass is 16.5. The predicted octanol–water partition coefficient (Wildman–Crippen LogP) is 2.40. The molecule has 0 spiro atoms. The first-order valence-corrected chi connectivity index (χ1v) is 6.42. The van der Waals surface area contributed by atoms with Gasteiger partial charge in [-0.25, -0.2) is 0 Å². The molecular weight excluding hydrogens is 226 g/mol. The molecular formula is C15H23NO2. The first-order valence-electron chi connectivity index (χ1n) is 6.42. The Balaban J connectivity index is 2.70. The summed E-state index contributed by atoms with van der Waals surface area (Å²) in [6, 6.07) is 9.98. The van der Waals surface area contributed by atoms with E-state index in [0.29, 0.717) is 12.3 Å². The molecule has 0 aliphatic carbocycles. The van der Waals surface area contributed by atoms with Gasteiger partial charge in [-0.2, -0.15) is 0 Å². The molecule has 1 N–H and O–H groups in total. The summed E-state index contributed by atoms with van der Waals surface area (Å²) in [5.74, 6) is 0.277. The second-order valence-electron chi connectivity index (χ2n) is 4.96. The van der Waals surface area contributed by atoms with Crippen molar-refractivity contribution in [3.63, 3.8) is 0 Å². The number of carbonyl (C=O) groups is 1. The van der Waals surface area contributed by atoms with E-state index in [-0.39, 0.29) is 18.1 Å². The fourth-order valence-corrected chi connectivity index (χ4v) is 1.71. The summed E-state index contributed by atoms with van der Waals surface area (Å²) in [6.07, 6.45) is 0.657. The second kappa shape index (κ2) is 7.17. The standard InChI is InChI=1S/C15H23NO2/c1-11(2)12(3)16-14(15(17)18-4)10-13-8-6-5-7-9-13/h5-9,11-12,14,16H,10H2,1-4H3/t12-,14+/m0/s1. The maximum absolute atomic E-state index is 11.8. The third-order valence-electron chi connectivity index (χ3n) is 3.23. The number of esters is 1. The van der Waals surface area contributed by atoms with Crippen LogP contribution in [0.1, 0.15) is 26.3 Å². The molecule has 3 nitrogen and oxygen atoms in total. The number of ether oxygens (including phenoxy) is 1. The molecule has 3 heteroatoms. The van der Waals surface area contributed by atoms with Crippen LogP contribution in [0.5, 0.6) is 0 Å². The van der Waals surface area contributed by atoms with E-state index in [2.05, 4.69) is 26.1 Å². The molecule has 1 aromatic carbocycles. The quantitative estimate of drug-likeness (QED) is 0.787. The molecule has 1 aromatic rings. The SMILES string of the molecule is COC(=O)[C@@H](Cc1ccccc1)N[C@@H](C)C(C)C. The van der Waals surface area contributed by atoms with E-state index in [0.717, 1.165) is 5.56 Å². The molecule has 0 heterocycles. The number of carbonyl (C=O) groups excluding carboxylic acids is 1. The first kappa shape index (κ1) is 14.7. The van der Waals surface area contributed by atoms with Crippen molar-refractivity contribution in [1.82, 2.24) is 5.32 Å². The van der Waals surface area contributed by atoms with Gasteiger partial charge in [-0.1, -0.05) is 44.2 Å². The highest BCUT2D eigenvalue weighted by Crippen LogP contribution is 2.08. The van der Waals surface area contributed by atoms with Crippen LogP contribution in [-0.2, 0) is 16.0 Å². The van der Waals surface area contributed by atoms with Crippen molar-refractivity contribution in [3.8, 4) is 0 Å². The van der Waals surface area contributed by atoms with Crippen LogP contribution in [0, 0.1) is 5.92 Å². The number of methoxy groups -OCH3 is 1. The lowest BCUT2D eigenvalue weighted by Gasteiger charge is -2.24. The molecule has 100 valence electrons. The lowest BCUT2D eigenvalue weighted by atomic mass is 10.0. The van der Waals surface area contributed by atoms with Crippen LogP contribution in [-0.4, -0.2) is 25.2 Å². The minimum atomic E-state index is -0.283. The first-order chi connectivity index (χ1) is 8.54. The van der Waals surface area contributed by atoms with Gasteiger partial charge in [0.15, 0.2) is 0 Å². The van der Waals surface area contributed by atoms with Crippen LogP contribution < -0.4 is 5.32 Å². The van der Waals surface area contributed by atoms with Gasteiger partial charge in [-0.3, -0.25) is 4.79 Å². The molecule has 0 radical (unpaired) electrons. The predicted molar refractivity (Wildman–Crippen MR) is 73.4 cm³/mol. The maximum atomic E-state index is 11.8. The topological polar surface area (TPSA) is 38.3 Å². The largest absolute Gasteiger partial charge is 0.468 e. The smallest absolute Gasteiger partial charge is 0.323 e. The van der Waals surface area contributed by atoms with Crippen LogP contribution in [0.2, 0.25) is 0 Å². The van der Waals surface area contributed by atoms with E-state index in [1.54, 1.807) is 0 Å². The zero-order chi connectivity index (χ0) is 13.5. The molecule has 0 bridgehead atoms. The summed E-state index contributed by atoms with van der Waals surface area (Å²) >= 11 is 0. The Labute approximate surface area is 110 Å². The molecule has 0 aliphatic heterocycles. The van der Waals surface area contributed by atoms with Crippen LogP contribution in [0.25, 0.3) is 0 Å². The van der Waals surface area contributed by atoms with Crippen molar-refractivity contribution < 1.29 is 9.53 Å². The maximum Gasteiger partial charge on any atom is 0.323 e. The van der Waals surface area contributed by atoms with Crippen molar-refractivity contribution >= 4 is 5.97 Å². The highest BCUT2D eigenvalue weighted by molar-refractivity contribution is 5.76. The third kappa shape index (κ3) is 4.49. The lowest BCUT2D eigenvalue weighted by Crippen LogP contribution is -2.46. The number of hydrogen-bond acceptors (Lipinski definition) is 3. The Kier molecular flexibility index (Phi) is 5.86. The lowest BCUT2D eigenvalue weighted by molar-refractivity contribution is -0.143. The average molecular weight is 249 g/mol. The Bertz CT molecular complexity index is 362. The zero-order valence-electron chi connectivity index (χ0n) is 11.6. The summed E-state index contributed by atoms with van der Waals surface area (Å²) in [5.41, 5.74) is 1.14. The van der Waals surface area contributed by atoms with Gasteiger partial charge >= 0.3 is 5.97 Å². The van der Waals surface area contributed by atoms with E-state index < -0.39 is 0 Å². The van der Waals surface area contributed by atoms with Gasteiger partial charge in [-0.05, 0) is 24.8 Å². The van der Waals surface area contributed by atoms with Crippen molar-refractivity contribution in [2.45, 2.75) is 39.3 Å². The molecule has 0 aliphatic rings. The van der Waals surface area contributed by atoms with E-state index in [4.69, 9.17) is 4.74 Å². The molecule has 0 saturated heterocycles. The fourth-order valence-electron chi connectivity index (χ4n) is 1.71. The molecule has 0 amide bonds. The van der Waals surface area contributed by atoms with Crippen molar-refractivity contribution in [3.05, 3.63) is 35.9 Å². The Hall–Kier alpha value is -1.35. The fraction of sp³-hybridized carbons (Fsp3) is 0.533. The number of rotatable bonds is 6. The van der Waals surface area contributed by atoms with E-state index >= 15 is 0 Å². The van der Waals surface area contributed by atoms with Crippen molar-refractivity contribution in [2.75, 3.05) is 7.11 Å². The zero-order valence-corrected chi connectivity index (χ0v) is 11.6. The Morgan fingerprint density at radius 3 is 2.33 bits per heavy atom. The van der Waals surface area contributed by atoms with Gasteiger partial charge < -0.3 is 10.1 Å². The van der Waals surface area contributed by atoms with Crippen LogP contribution in [0.3, 0.4) is 0 Å². The van der Waals surface area contributed by atoms with Crippen LogP contribution in [0.15, 0.2) is 30.3 Å². The third-order valence-corrected chi connectivity index (χ3v) is 3.23. The van der Waals surface area contributed by atoms with E-state index in [1.165, 1.54) is 7.11 Å². The molecule has 0 aromatic heterocycles. The van der Waals surface area contributed by atoms with Crippen molar-refractivity contribution in [1.29, 1.82) is 0 Å². The monoisotopic (exact) mass is 249 g/mol. The second-order valence-corrected chi connectivity index (χ2v) is 4.96. The molecule has 0 saturated carbocycles. The van der Waals surface area contributed by atoms with Gasteiger partial charge in [0.05, 0.1) is 7.11 Å². The summed E-state index contributed by atoms with van der Waals surface area (Å²) in [6.45, 7) is 6.36. The van der Waals surface area contributed by atoms with Crippen LogP contribution >= 0.6 is 0 Å². The summed E-state index contributed by atoms with van der Waals surface area (Å²) in [4.78, 5) is 11.8. The van der Waals surface area contributed by atoms with Gasteiger partial charge in [0.25, 0.3) is 0 Å². The van der Waals surface area contributed by atoms with E-state index in [9.17, 15) is 4.79 Å². The number of nitrogens with one attached hydrogen (secondary N) is 1. The van der Waals surface area contributed by atoms with Gasteiger partial charge in [0.2, 0.25) is 0 Å². The minimum Gasteiger partial charge on any atom is -0.468 e. The van der Waals surface area contributed by atoms with Crippen molar-refractivity contribution in [2.24, 2.45) is 5.92 Å². The highest BCUT2D eigenvalue weighted by Gasteiger charge is 2.22. The van der Waals surface area contributed by atoms with Gasteiger partial charge in [-0.15, -0.1) is 0 Å². The Morgan fingerprint density at radius 2 is 1.83 bits per heavy atom. The molecule has 1 rings (SSSR count). The molecule has 0 fully saturated rings. The minimum absolute atomic E-state index is 0.202. The molecule has 2 atom stereocenters. The number of benzene rings is 1. The molecule has 0 unspecified atom stereocenters. The summed E-state index contributed by atoms with van der Waals surface area (Å²) < 4.78 is 4.86. The summed E-state index contributed by atoms with van der Waals surface area (Å²) in [7, 11) is 1.43. The van der Waals surface area contributed by atoms with Crippen LogP contribution in [0.4, 0.5) is 0 Å².